The van der Waals surface area contributed by atoms with Crippen LogP contribution in [0.3, 0.4) is 0 Å². The summed E-state index contributed by atoms with van der Waals surface area (Å²) in [5, 5.41) is 14.7. The van der Waals surface area contributed by atoms with Gasteiger partial charge in [-0.05, 0) is 76.9 Å². The fourth-order valence-electron chi connectivity index (χ4n) is 8.03. The Hall–Kier alpha value is -8.04. The standard InChI is InChI=1S/C52H53N7O8/c1-53-51(60)43-21-16-35(28-55-43)33-10-12-34(13-11-33)48-50(67-31-32-8-17-40(62-3)18-9-32)49(58(2)57-48)52(61)59(30-37-15-20-42(64-5)25-47(37)66-7)45-23-39-27-54-26-38(39)22-44(45)56-29-36-14-19-41(63-4)24-46(36)65-6/h8-25,28,54,56H,26-27,29-31H2,1-7H3,(H,53,60). The van der Waals surface area contributed by atoms with Crippen molar-refractivity contribution in [3.63, 3.8) is 0 Å². The Labute approximate surface area is 389 Å². The van der Waals surface area contributed by atoms with E-state index in [4.69, 9.17) is 33.5 Å². The lowest BCUT2D eigenvalue weighted by Crippen LogP contribution is -2.33. The number of methoxy groups -OCH3 is 5. The number of anilines is 2. The second-order valence-corrected chi connectivity index (χ2v) is 15.7. The molecule has 0 saturated heterocycles. The Kier molecular flexibility index (Phi) is 13.9. The Balaban J connectivity index is 1.24. The molecule has 8 rings (SSSR count). The van der Waals surface area contributed by atoms with E-state index in [9.17, 15) is 4.79 Å². The number of nitrogens with one attached hydrogen (secondary N) is 3. The van der Waals surface area contributed by atoms with Crippen molar-refractivity contribution in [3.8, 4) is 56.9 Å². The molecule has 0 saturated carbocycles. The summed E-state index contributed by atoms with van der Waals surface area (Å²) in [6.45, 7) is 1.95. The molecule has 7 aromatic rings. The number of carbonyl (C=O) groups excluding carboxylic acids is 2. The summed E-state index contributed by atoms with van der Waals surface area (Å²) in [4.78, 5) is 34.1. The molecule has 67 heavy (non-hydrogen) atoms. The second kappa shape index (κ2) is 20.4. The van der Waals surface area contributed by atoms with Crippen molar-refractivity contribution < 1.29 is 38.0 Å². The number of pyridine rings is 1. The van der Waals surface area contributed by atoms with E-state index in [1.165, 1.54) is 0 Å². The number of amides is 2. The largest absolute Gasteiger partial charge is 0.497 e. The Morgan fingerprint density at radius 1 is 0.701 bits per heavy atom. The summed E-state index contributed by atoms with van der Waals surface area (Å²) < 4.78 is 36.4. The summed E-state index contributed by atoms with van der Waals surface area (Å²) in [7, 11) is 11.4. The molecular formula is C52H53N7O8. The number of nitrogens with zero attached hydrogens (tertiary/aromatic N) is 4. The fraction of sp³-hybridized carbons (Fsp3) is 0.231. The van der Waals surface area contributed by atoms with Gasteiger partial charge in [0.25, 0.3) is 11.8 Å². The highest BCUT2D eigenvalue weighted by atomic mass is 16.5. The van der Waals surface area contributed by atoms with Gasteiger partial charge in [0.15, 0.2) is 11.4 Å². The zero-order valence-electron chi connectivity index (χ0n) is 38.6. The molecule has 344 valence electrons. The van der Waals surface area contributed by atoms with Crippen molar-refractivity contribution in [1.29, 1.82) is 0 Å². The Morgan fingerprint density at radius 2 is 1.31 bits per heavy atom. The molecule has 0 spiro atoms. The van der Waals surface area contributed by atoms with Gasteiger partial charge in [-0.3, -0.25) is 19.3 Å². The van der Waals surface area contributed by atoms with Crippen LogP contribution in [-0.4, -0.2) is 69.2 Å². The molecule has 0 aliphatic carbocycles. The quantitative estimate of drug-likeness (QED) is 0.0759. The molecule has 5 aromatic carbocycles. The zero-order valence-corrected chi connectivity index (χ0v) is 38.6. The first kappa shape index (κ1) is 45.5. The predicted octanol–water partition coefficient (Wildman–Crippen LogP) is 8.19. The highest BCUT2D eigenvalue weighted by Crippen LogP contribution is 2.40. The van der Waals surface area contributed by atoms with Crippen LogP contribution in [-0.2, 0) is 39.8 Å². The Morgan fingerprint density at radius 3 is 1.94 bits per heavy atom. The summed E-state index contributed by atoms with van der Waals surface area (Å²) in [6.07, 6.45) is 1.67. The van der Waals surface area contributed by atoms with Gasteiger partial charge in [0.1, 0.15) is 46.7 Å². The van der Waals surface area contributed by atoms with E-state index in [1.54, 1.807) is 77.6 Å². The number of fused-ring (bicyclic) bond motifs is 1. The maximum Gasteiger partial charge on any atom is 0.280 e. The van der Waals surface area contributed by atoms with E-state index in [0.717, 1.165) is 50.2 Å². The number of rotatable bonds is 18. The monoisotopic (exact) mass is 903 g/mol. The van der Waals surface area contributed by atoms with Crippen molar-refractivity contribution in [1.82, 2.24) is 25.4 Å². The first-order valence-electron chi connectivity index (χ1n) is 21.6. The molecule has 2 amide bonds. The van der Waals surface area contributed by atoms with E-state index in [0.29, 0.717) is 71.2 Å². The predicted molar refractivity (Wildman–Crippen MR) is 257 cm³/mol. The third-order valence-corrected chi connectivity index (χ3v) is 11.7. The van der Waals surface area contributed by atoms with Crippen LogP contribution in [0.4, 0.5) is 11.4 Å². The highest BCUT2D eigenvalue weighted by Gasteiger charge is 2.32. The first-order chi connectivity index (χ1) is 32.6. The molecule has 15 nitrogen and oxygen atoms in total. The molecule has 3 N–H and O–H groups in total. The molecule has 0 atom stereocenters. The summed E-state index contributed by atoms with van der Waals surface area (Å²) >= 11 is 0. The summed E-state index contributed by atoms with van der Waals surface area (Å²) in [5.41, 5.74) is 9.54. The molecule has 15 heteroatoms. The van der Waals surface area contributed by atoms with E-state index in [1.807, 2.05) is 84.9 Å². The average molecular weight is 904 g/mol. The molecule has 0 fully saturated rings. The maximum absolute atomic E-state index is 15.9. The van der Waals surface area contributed by atoms with E-state index < -0.39 is 0 Å². The molecule has 0 bridgehead atoms. The third kappa shape index (κ3) is 9.82. The minimum atomic E-state index is -0.362. The molecule has 2 aromatic heterocycles. The Bertz CT molecular complexity index is 2880. The lowest BCUT2D eigenvalue weighted by atomic mass is 10.0. The average Bonchev–Trinajstić information content (AvgIpc) is 3.98. The van der Waals surface area contributed by atoms with Crippen molar-refractivity contribution in [2.75, 3.05) is 52.8 Å². The van der Waals surface area contributed by atoms with Gasteiger partial charge < -0.3 is 49.3 Å². The van der Waals surface area contributed by atoms with E-state index >= 15 is 4.79 Å². The van der Waals surface area contributed by atoms with E-state index in [-0.39, 0.29) is 30.7 Å². The van der Waals surface area contributed by atoms with Gasteiger partial charge in [0.2, 0.25) is 0 Å². The summed E-state index contributed by atoms with van der Waals surface area (Å²) in [6, 6.07) is 34.3. The zero-order chi connectivity index (χ0) is 47.0. The number of hydrogen-bond acceptors (Lipinski definition) is 12. The number of carbonyl (C=O) groups is 2. The number of ether oxygens (including phenoxy) is 6. The molecule has 1 aliphatic rings. The van der Waals surface area contributed by atoms with Crippen molar-refractivity contribution >= 4 is 23.2 Å². The van der Waals surface area contributed by atoms with Gasteiger partial charge in [-0.1, -0.05) is 42.5 Å². The minimum Gasteiger partial charge on any atom is -0.497 e. The summed E-state index contributed by atoms with van der Waals surface area (Å²) in [5.74, 6) is 2.91. The number of benzene rings is 5. The van der Waals surface area contributed by atoms with Crippen LogP contribution in [0, 0.1) is 0 Å². The smallest absolute Gasteiger partial charge is 0.280 e. The minimum absolute atomic E-state index is 0.110. The van der Waals surface area contributed by atoms with Crippen molar-refractivity contribution in [2.45, 2.75) is 32.8 Å². The highest BCUT2D eigenvalue weighted by molar-refractivity contribution is 6.09. The van der Waals surface area contributed by atoms with Crippen LogP contribution in [0.2, 0.25) is 0 Å². The van der Waals surface area contributed by atoms with Gasteiger partial charge in [-0.15, -0.1) is 0 Å². The van der Waals surface area contributed by atoms with Gasteiger partial charge in [-0.25, -0.2) is 0 Å². The van der Waals surface area contributed by atoms with Crippen LogP contribution >= 0.6 is 0 Å². The number of aryl methyl sites for hydroxylation is 1. The van der Waals surface area contributed by atoms with Gasteiger partial charge in [-0.2, -0.15) is 5.10 Å². The van der Waals surface area contributed by atoms with E-state index in [2.05, 4.69) is 33.1 Å². The third-order valence-electron chi connectivity index (χ3n) is 11.7. The SMILES string of the molecule is CNC(=O)c1ccc(-c2ccc(-c3nn(C)c(C(=O)N(Cc4ccc(OC)cc4OC)c4cc5c(cc4NCc4ccc(OC)cc4OC)CNC5)c3OCc3ccc(OC)cc3)cc2)cn1. The first-order valence-corrected chi connectivity index (χ1v) is 21.6. The fourth-order valence-corrected chi connectivity index (χ4v) is 8.03. The van der Waals surface area contributed by atoms with Crippen molar-refractivity contribution in [2.24, 2.45) is 7.05 Å². The topological polar surface area (TPSA) is 160 Å². The molecule has 0 radical (unpaired) electrons. The number of hydrogen-bond donors (Lipinski definition) is 3. The molecule has 0 unspecified atom stereocenters. The van der Waals surface area contributed by atoms with Crippen LogP contribution < -0.4 is 49.3 Å². The lowest BCUT2D eigenvalue weighted by Gasteiger charge is -2.28. The molecule has 1 aliphatic heterocycles. The normalized spacial score (nSPS) is 11.6. The second-order valence-electron chi connectivity index (χ2n) is 15.7. The van der Waals surface area contributed by atoms with Crippen LogP contribution in [0.5, 0.6) is 34.5 Å². The van der Waals surface area contributed by atoms with Gasteiger partial charge in [0.05, 0.1) is 53.5 Å². The van der Waals surface area contributed by atoms with Gasteiger partial charge >= 0.3 is 0 Å². The molecule has 3 heterocycles. The van der Waals surface area contributed by atoms with Crippen LogP contribution in [0.25, 0.3) is 22.4 Å². The molecular weight excluding hydrogens is 851 g/mol. The maximum atomic E-state index is 15.9. The number of aromatic nitrogens is 3. The van der Waals surface area contributed by atoms with Crippen LogP contribution in [0.15, 0.2) is 115 Å². The van der Waals surface area contributed by atoms with Crippen LogP contribution in [0.1, 0.15) is 48.8 Å². The lowest BCUT2D eigenvalue weighted by molar-refractivity contribution is 0.0954. The van der Waals surface area contributed by atoms with Gasteiger partial charge in [0, 0.05) is 74.3 Å². The van der Waals surface area contributed by atoms with Crippen molar-refractivity contribution in [3.05, 3.63) is 155 Å².